The lowest BCUT2D eigenvalue weighted by molar-refractivity contribution is -0.141. The van der Waals surface area contributed by atoms with Gasteiger partial charge in [0.15, 0.2) is 6.61 Å². The van der Waals surface area contributed by atoms with Crippen molar-refractivity contribution in [1.82, 2.24) is 4.90 Å². The van der Waals surface area contributed by atoms with E-state index in [-0.39, 0.29) is 18.6 Å². The van der Waals surface area contributed by atoms with Gasteiger partial charge in [-0.25, -0.2) is 4.79 Å². The van der Waals surface area contributed by atoms with Crippen LogP contribution in [0.4, 0.5) is 0 Å². The molecule has 1 aromatic heterocycles. The van der Waals surface area contributed by atoms with Crippen LogP contribution in [-0.2, 0) is 20.9 Å². The van der Waals surface area contributed by atoms with E-state index in [2.05, 4.69) is 0 Å². The first-order valence-electron chi connectivity index (χ1n) is 8.53. The fourth-order valence-electron chi connectivity index (χ4n) is 3.13. The fraction of sp³-hybridized carbons (Fsp3) is 0.368. The van der Waals surface area contributed by atoms with Crippen molar-refractivity contribution in [2.45, 2.75) is 19.6 Å². The van der Waals surface area contributed by atoms with E-state index in [1.54, 1.807) is 11.0 Å². The molecule has 3 heterocycles. The number of fused-ring (bicyclic) bond motifs is 3. The average molecular weight is 373 g/mol. The van der Waals surface area contributed by atoms with E-state index in [0.717, 1.165) is 21.8 Å². The first kappa shape index (κ1) is 17.1. The molecule has 4 rings (SSSR count). The van der Waals surface area contributed by atoms with Gasteiger partial charge >= 0.3 is 5.97 Å². The van der Waals surface area contributed by atoms with Crippen LogP contribution in [0.5, 0.6) is 5.75 Å². The zero-order valence-corrected chi connectivity index (χ0v) is 15.2. The number of benzene rings is 1. The maximum atomic E-state index is 12.4. The maximum absolute atomic E-state index is 12.4. The van der Waals surface area contributed by atoms with Gasteiger partial charge < -0.3 is 19.1 Å². The Kier molecular flexibility index (Phi) is 4.65. The number of esters is 1. The van der Waals surface area contributed by atoms with Crippen LogP contribution in [0, 0.1) is 0 Å². The Hall–Kier alpha value is -2.38. The van der Waals surface area contributed by atoms with E-state index in [1.165, 1.54) is 11.3 Å². The molecule has 0 aliphatic carbocycles. The molecule has 0 spiro atoms. The molecule has 0 bridgehead atoms. The number of para-hydroxylation sites is 1. The number of ether oxygens (including phenoxy) is 3. The van der Waals surface area contributed by atoms with Crippen LogP contribution in [-0.4, -0.2) is 49.2 Å². The number of rotatable bonds is 3. The molecular formula is C19H19NO5S. The summed E-state index contributed by atoms with van der Waals surface area (Å²) in [6.07, 6.45) is 0.00694. The Morgan fingerprint density at radius 3 is 3.04 bits per heavy atom. The topological polar surface area (TPSA) is 65.1 Å². The summed E-state index contributed by atoms with van der Waals surface area (Å²) in [6, 6.07) is 9.54. The van der Waals surface area contributed by atoms with E-state index in [0.29, 0.717) is 31.2 Å². The summed E-state index contributed by atoms with van der Waals surface area (Å²) < 4.78 is 16.4. The van der Waals surface area contributed by atoms with Crippen molar-refractivity contribution in [2.24, 2.45) is 0 Å². The highest BCUT2D eigenvalue weighted by Gasteiger charge is 2.25. The minimum absolute atomic E-state index is 0.00694. The molecule has 2 aliphatic rings. The summed E-state index contributed by atoms with van der Waals surface area (Å²) in [6.45, 7) is 3.67. The van der Waals surface area contributed by atoms with E-state index >= 15 is 0 Å². The number of morpholine rings is 1. The molecule has 6 nitrogen and oxygen atoms in total. The summed E-state index contributed by atoms with van der Waals surface area (Å²) in [7, 11) is 0. The molecule has 1 unspecified atom stereocenters. The van der Waals surface area contributed by atoms with E-state index < -0.39 is 5.97 Å². The molecule has 2 aliphatic heterocycles. The molecule has 26 heavy (non-hydrogen) atoms. The molecule has 1 atom stereocenters. The van der Waals surface area contributed by atoms with Crippen molar-refractivity contribution < 1.29 is 23.8 Å². The number of hydrogen-bond acceptors (Lipinski definition) is 6. The molecule has 1 fully saturated rings. The normalized spacial score (nSPS) is 18.5. The van der Waals surface area contributed by atoms with Gasteiger partial charge in [0.2, 0.25) is 0 Å². The maximum Gasteiger partial charge on any atom is 0.348 e. The molecular weight excluding hydrogens is 354 g/mol. The Bertz CT molecular complexity index is 846. The predicted octanol–water partition coefficient (Wildman–Crippen LogP) is 2.71. The first-order chi connectivity index (χ1) is 12.6. The number of carbonyl (C=O) groups is 2. The highest BCUT2D eigenvalue weighted by Crippen LogP contribution is 2.42. The van der Waals surface area contributed by atoms with Gasteiger partial charge in [0.25, 0.3) is 5.91 Å². The molecule has 1 saturated heterocycles. The molecule has 1 aromatic carbocycles. The van der Waals surface area contributed by atoms with Crippen LogP contribution in [0.1, 0.15) is 22.2 Å². The number of thiophene rings is 1. The molecule has 0 saturated carbocycles. The minimum Gasteiger partial charge on any atom is -0.488 e. The Labute approximate surface area is 155 Å². The molecule has 0 N–H and O–H groups in total. The molecule has 7 heteroatoms. The van der Waals surface area contributed by atoms with Crippen LogP contribution < -0.4 is 4.74 Å². The third kappa shape index (κ3) is 3.32. The third-order valence-electron chi connectivity index (χ3n) is 4.45. The second-order valence-corrected chi connectivity index (χ2v) is 7.40. The van der Waals surface area contributed by atoms with Crippen LogP contribution >= 0.6 is 11.3 Å². The number of amides is 1. The first-order valence-corrected chi connectivity index (χ1v) is 9.35. The average Bonchev–Trinajstić information content (AvgIpc) is 3.11. The fourth-order valence-corrected chi connectivity index (χ4v) is 4.23. The van der Waals surface area contributed by atoms with Crippen LogP contribution in [0.25, 0.3) is 10.4 Å². The quantitative estimate of drug-likeness (QED) is 0.774. The van der Waals surface area contributed by atoms with E-state index in [1.807, 2.05) is 31.2 Å². The molecule has 2 aromatic rings. The summed E-state index contributed by atoms with van der Waals surface area (Å²) >= 11 is 1.37. The molecule has 0 radical (unpaired) electrons. The van der Waals surface area contributed by atoms with Gasteiger partial charge in [-0.2, -0.15) is 0 Å². The summed E-state index contributed by atoms with van der Waals surface area (Å²) in [5, 5.41) is 0. The standard InChI is InChI=1S/C19H19NO5S/c1-12-9-20(6-7-23-12)17(21)11-25-19(22)16-8-13-10-24-15-5-3-2-4-14(15)18(13)26-16/h2-5,8,12H,6-7,9-11H2,1H3. The summed E-state index contributed by atoms with van der Waals surface area (Å²) in [5.41, 5.74) is 1.95. The molecule has 136 valence electrons. The Morgan fingerprint density at radius 2 is 2.19 bits per heavy atom. The van der Waals surface area contributed by atoms with Crippen LogP contribution in [0.15, 0.2) is 30.3 Å². The van der Waals surface area contributed by atoms with Gasteiger partial charge in [-0.05, 0) is 25.1 Å². The largest absolute Gasteiger partial charge is 0.488 e. The minimum atomic E-state index is -0.475. The van der Waals surface area contributed by atoms with Crippen molar-refractivity contribution in [2.75, 3.05) is 26.3 Å². The highest BCUT2D eigenvalue weighted by molar-refractivity contribution is 7.17. The van der Waals surface area contributed by atoms with Crippen molar-refractivity contribution in [3.8, 4) is 16.2 Å². The smallest absolute Gasteiger partial charge is 0.348 e. The van der Waals surface area contributed by atoms with Gasteiger partial charge in [0.05, 0.1) is 12.7 Å². The molecule has 1 amide bonds. The zero-order valence-electron chi connectivity index (χ0n) is 14.4. The SMILES string of the molecule is CC1CN(C(=O)COC(=O)c2cc3c(s2)-c2ccccc2OC3)CCO1. The van der Waals surface area contributed by atoms with Gasteiger partial charge in [0.1, 0.15) is 17.2 Å². The van der Waals surface area contributed by atoms with Gasteiger partial charge in [-0.1, -0.05) is 12.1 Å². The number of carbonyl (C=O) groups excluding carboxylic acids is 2. The van der Waals surface area contributed by atoms with Crippen molar-refractivity contribution in [1.29, 1.82) is 0 Å². The third-order valence-corrected chi connectivity index (χ3v) is 5.64. The van der Waals surface area contributed by atoms with Crippen LogP contribution in [0.3, 0.4) is 0 Å². The van der Waals surface area contributed by atoms with Gasteiger partial charge in [-0.15, -0.1) is 11.3 Å². The Balaban J connectivity index is 1.42. The number of hydrogen-bond donors (Lipinski definition) is 0. The van der Waals surface area contributed by atoms with E-state index in [4.69, 9.17) is 14.2 Å². The predicted molar refractivity (Wildman–Crippen MR) is 96.4 cm³/mol. The zero-order chi connectivity index (χ0) is 18.1. The monoisotopic (exact) mass is 373 g/mol. The lowest BCUT2D eigenvalue weighted by atomic mass is 10.1. The lowest BCUT2D eigenvalue weighted by Crippen LogP contribution is -2.46. The summed E-state index contributed by atoms with van der Waals surface area (Å²) in [4.78, 5) is 27.8. The number of nitrogens with zero attached hydrogens (tertiary/aromatic N) is 1. The highest BCUT2D eigenvalue weighted by atomic mass is 32.1. The van der Waals surface area contributed by atoms with Crippen molar-refractivity contribution >= 4 is 23.2 Å². The lowest BCUT2D eigenvalue weighted by Gasteiger charge is -2.30. The van der Waals surface area contributed by atoms with Gasteiger partial charge in [0, 0.05) is 29.1 Å². The van der Waals surface area contributed by atoms with Gasteiger partial charge in [-0.3, -0.25) is 4.79 Å². The summed E-state index contributed by atoms with van der Waals surface area (Å²) in [5.74, 6) is 0.151. The van der Waals surface area contributed by atoms with Crippen molar-refractivity contribution in [3.05, 3.63) is 40.8 Å². The van der Waals surface area contributed by atoms with Crippen molar-refractivity contribution in [3.63, 3.8) is 0 Å². The second kappa shape index (κ2) is 7.09. The second-order valence-electron chi connectivity index (χ2n) is 6.35. The Morgan fingerprint density at radius 1 is 1.35 bits per heavy atom. The van der Waals surface area contributed by atoms with Crippen LogP contribution in [0.2, 0.25) is 0 Å². The van der Waals surface area contributed by atoms with E-state index in [9.17, 15) is 9.59 Å².